The zero-order valence-electron chi connectivity index (χ0n) is 15.5. The van der Waals surface area contributed by atoms with Crippen LogP contribution in [-0.4, -0.2) is 49.7 Å². The van der Waals surface area contributed by atoms with Crippen molar-refractivity contribution in [2.75, 3.05) is 26.2 Å². The predicted octanol–water partition coefficient (Wildman–Crippen LogP) is 2.90. The molecule has 1 aromatic heterocycles. The molecular weight excluding hydrogens is 376 g/mol. The number of nitrogens with zero attached hydrogens (tertiary/aromatic N) is 2. The maximum atomic E-state index is 13.0. The molecule has 6 nitrogen and oxygen atoms in total. The van der Waals surface area contributed by atoms with Crippen molar-refractivity contribution in [3.05, 3.63) is 66.6 Å². The number of aryl methyl sites for hydroxylation is 1. The van der Waals surface area contributed by atoms with E-state index in [2.05, 4.69) is 0 Å². The lowest BCUT2D eigenvalue weighted by Crippen LogP contribution is -2.50. The van der Waals surface area contributed by atoms with Gasteiger partial charge in [-0.05, 0) is 35.0 Å². The van der Waals surface area contributed by atoms with Gasteiger partial charge >= 0.3 is 0 Å². The van der Waals surface area contributed by atoms with Gasteiger partial charge in [0.15, 0.2) is 0 Å². The van der Waals surface area contributed by atoms with Crippen LogP contribution in [0.1, 0.15) is 12.2 Å². The van der Waals surface area contributed by atoms with Crippen LogP contribution in [0.25, 0.3) is 10.8 Å². The van der Waals surface area contributed by atoms with Crippen molar-refractivity contribution in [3.63, 3.8) is 0 Å². The fraction of sp³-hybridized carbons (Fsp3) is 0.286. The molecular formula is C21H22N2O4S. The maximum absolute atomic E-state index is 13.0. The lowest BCUT2D eigenvalue weighted by Gasteiger charge is -2.34. The van der Waals surface area contributed by atoms with Gasteiger partial charge in [-0.1, -0.05) is 30.3 Å². The molecule has 2 heterocycles. The van der Waals surface area contributed by atoms with E-state index in [1.165, 1.54) is 4.31 Å². The van der Waals surface area contributed by atoms with Gasteiger partial charge in [-0.15, -0.1) is 0 Å². The van der Waals surface area contributed by atoms with Crippen molar-refractivity contribution in [1.82, 2.24) is 9.21 Å². The molecule has 1 fully saturated rings. The molecule has 1 aliphatic rings. The molecule has 0 N–H and O–H groups in total. The number of rotatable bonds is 5. The summed E-state index contributed by atoms with van der Waals surface area (Å²) in [7, 11) is -3.57. The number of furan rings is 1. The van der Waals surface area contributed by atoms with Gasteiger partial charge in [0.1, 0.15) is 5.76 Å². The lowest BCUT2D eigenvalue weighted by atomic mass is 10.1. The Hall–Kier alpha value is -2.64. The van der Waals surface area contributed by atoms with Crippen LogP contribution < -0.4 is 0 Å². The quantitative estimate of drug-likeness (QED) is 0.663. The molecule has 1 amide bonds. The predicted molar refractivity (Wildman–Crippen MR) is 106 cm³/mol. The Morgan fingerprint density at radius 2 is 1.68 bits per heavy atom. The second kappa shape index (κ2) is 7.77. The van der Waals surface area contributed by atoms with E-state index in [9.17, 15) is 13.2 Å². The van der Waals surface area contributed by atoms with E-state index in [0.717, 1.165) is 16.5 Å². The summed E-state index contributed by atoms with van der Waals surface area (Å²) in [5.74, 6) is 0.810. The molecule has 0 bridgehead atoms. The van der Waals surface area contributed by atoms with E-state index in [1.54, 1.807) is 29.4 Å². The first-order chi connectivity index (χ1) is 13.5. The van der Waals surface area contributed by atoms with Crippen molar-refractivity contribution in [1.29, 1.82) is 0 Å². The average molecular weight is 398 g/mol. The Balaban J connectivity index is 1.39. The fourth-order valence-electron chi connectivity index (χ4n) is 3.50. The summed E-state index contributed by atoms with van der Waals surface area (Å²) >= 11 is 0. The SMILES string of the molecule is O=C(CCc1ccco1)N1CCN(S(=O)(=O)c2ccc3ccccc3c2)CC1. The van der Waals surface area contributed by atoms with Gasteiger partial charge in [0.2, 0.25) is 15.9 Å². The fourth-order valence-corrected chi connectivity index (χ4v) is 4.96. The Labute approximate surface area is 164 Å². The van der Waals surface area contributed by atoms with Crippen LogP contribution in [-0.2, 0) is 21.2 Å². The minimum absolute atomic E-state index is 0.0270. The Morgan fingerprint density at radius 3 is 2.39 bits per heavy atom. The third kappa shape index (κ3) is 3.81. The minimum Gasteiger partial charge on any atom is -0.469 e. The summed E-state index contributed by atoms with van der Waals surface area (Å²) in [6.45, 7) is 1.43. The van der Waals surface area contributed by atoms with Gasteiger partial charge in [0, 0.05) is 39.0 Å². The van der Waals surface area contributed by atoms with Gasteiger partial charge in [-0.3, -0.25) is 4.79 Å². The highest BCUT2D eigenvalue weighted by Gasteiger charge is 2.30. The number of amides is 1. The number of carbonyl (C=O) groups excluding carboxylic acids is 1. The van der Waals surface area contributed by atoms with Crippen LogP contribution in [0.4, 0.5) is 0 Å². The Morgan fingerprint density at radius 1 is 0.929 bits per heavy atom. The third-order valence-corrected chi connectivity index (χ3v) is 7.01. The van der Waals surface area contributed by atoms with Gasteiger partial charge in [-0.2, -0.15) is 4.31 Å². The number of carbonyl (C=O) groups is 1. The zero-order chi connectivity index (χ0) is 19.6. The third-order valence-electron chi connectivity index (χ3n) is 5.12. The maximum Gasteiger partial charge on any atom is 0.243 e. The van der Waals surface area contributed by atoms with Crippen LogP contribution in [0.2, 0.25) is 0 Å². The molecule has 0 aliphatic carbocycles. The van der Waals surface area contributed by atoms with Gasteiger partial charge in [0.05, 0.1) is 11.2 Å². The van der Waals surface area contributed by atoms with Gasteiger partial charge < -0.3 is 9.32 Å². The van der Waals surface area contributed by atoms with Crippen LogP contribution in [0.3, 0.4) is 0 Å². The zero-order valence-corrected chi connectivity index (χ0v) is 16.3. The molecule has 146 valence electrons. The molecule has 0 unspecified atom stereocenters. The highest BCUT2D eigenvalue weighted by atomic mass is 32.2. The lowest BCUT2D eigenvalue weighted by molar-refractivity contribution is -0.132. The molecule has 1 aliphatic heterocycles. The van der Waals surface area contributed by atoms with Gasteiger partial charge in [0.25, 0.3) is 0 Å². The summed E-state index contributed by atoms with van der Waals surface area (Å²) in [5, 5.41) is 1.91. The number of hydrogen-bond acceptors (Lipinski definition) is 4. The molecule has 0 spiro atoms. The number of piperazine rings is 1. The second-order valence-electron chi connectivity index (χ2n) is 6.87. The molecule has 0 saturated carbocycles. The number of hydrogen-bond donors (Lipinski definition) is 0. The topological polar surface area (TPSA) is 70.8 Å². The van der Waals surface area contributed by atoms with Crippen LogP contribution in [0, 0.1) is 0 Å². The molecule has 4 rings (SSSR count). The van der Waals surface area contributed by atoms with Crippen molar-refractivity contribution < 1.29 is 17.6 Å². The largest absolute Gasteiger partial charge is 0.469 e. The molecule has 1 saturated heterocycles. The number of benzene rings is 2. The molecule has 2 aromatic carbocycles. The normalized spacial score (nSPS) is 15.8. The van der Waals surface area contributed by atoms with Crippen molar-refractivity contribution in [2.45, 2.75) is 17.7 Å². The van der Waals surface area contributed by atoms with Crippen molar-refractivity contribution >= 4 is 26.7 Å². The molecule has 0 atom stereocenters. The average Bonchev–Trinajstić information content (AvgIpc) is 3.25. The smallest absolute Gasteiger partial charge is 0.243 e. The Kier molecular flexibility index (Phi) is 5.19. The second-order valence-corrected chi connectivity index (χ2v) is 8.81. The van der Waals surface area contributed by atoms with E-state index in [0.29, 0.717) is 43.9 Å². The minimum atomic E-state index is -3.57. The monoisotopic (exact) mass is 398 g/mol. The standard InChI is InChI=1S/C21H22N2O4S/c24-21(10-8-19-6-3-15-27-19)22-11-13-23(14-12-22)28(25,26)20-9-7-17-4-1-2-5-18(17)16-20/h1-7,9,15-16H,8,10-14H2. The molecule has 3 aromatic rings. The first kappa shape index (κ1) is 18.7. The number of fused-ring (bicyclic) bond motifs is 1. The Bertz CT molecular complexity index is 1070. The highest BCUT2D eigenvalue weighted by Crippen LogP contribution is 2.23. The summed E-state index contributed by atoms with van der Waals surface area (Å²) < 4.78 is 32.7. The molecule has 0 radical (unpaired) electrons. The summed E-state index contributed by atoms with van der Waals surface area (Å²) in [6, 6.07) is 16.5. The van der Waals surface area contributed by atoms with E-state index in [-0.39, 0.29) is 5.91 Å². The summed E-state index contributed by atoms with van der Waals surface area (Å²) in [4.78, 5) is 14.4. The number of sulfonamides is 1. The summed E-state index contributed by atoms with van der Waals surface area (Å²) in [6.07, 6.45) is 2.52. The first-order valence-electron chi connectivity index (χ1n) is 9.33. The summed E-state index contributed by atoms with van der Waals surface area (Å²) in [5.41, 5.74) is 0. The van der Waals surface area contributed by atoms with E-state index in [4.69, 9.17) is 4.42 Å². The van der Waals surface area contributed by atoms with Crippen molar-refractivity contribution in [2.24, 2.45) is 0 Å². The molecule has 28 heavy (non-hydrogen) atoms. The van der Waals surface area contributed by atoms with Crippen LogP contribution >= 0.6 is 0 Å². The highest BCUT2D eigenvalue weighted by molar-refractivity contribution is 7.89. The van der Waals surface area contributed by atoms with E-state index < -0.39 is 10.0 Å². The molecule has 7 heteroatoms. The first-order valence-corrected chi connectivity index (χ1v) is 10.8. The van der Waals surface area contributed by atoms with E-state index >= 15 is 0 Å². The van der Waals surface area contributed by atoms with Crippen LogP contribution in [0.15, 0.2) is 70.2 Å². The van der Waals surface area contributed by atoms with Crippen LogP contribution in [0.5, 0.6) is 0 Å². The van der Waals surface area contributed by atoms with E-state index in [1.807, 2.05) is 36.4 Å². The van der Waals surface area contributed by atoms with Gasteiger partial charge in [-0.25, -0.2) is 8.42 Å². The van der Waals surface area contributed by atoms with Crippen molar-refractivity contribution in [3.8, 4) is 0 Å².